The monoisotopic (exact) mass is 199 g/mol. The number of aliphatic hydroxyl groups is 1. The van der Waals surface area contributed by atoms with Crippen LogP contribution in [0.25, 0.3) is 0 Å². The average Bonchev–Trinajstić information content (AvgIpc) is 2.47. The van der Waals surface area contributed by atoms with E-state index >= 15 is 0 Å². The number of carbonyl (C=O) groups excluding carboxylic acids is 1. The van der Waals surface area contributed by atoms with Gasteiger partial charge in [-0.05, 0) is 27.2 Å². The van der Waals surface area contributed by atoms with Gasteiger partial charge in [-0.2, -0.15) is 0 Å². The fourth-order valence-electron chi connectivity index (χ4n) is 1.29. The van der Waals surface area contributed by atoms with Crippen LogP contribution in [0.5, 0.6) is 0 Å². The van der Waals surface area contributed by atoms with Gasteiger partial charge in [0.1, 0.15) is 5.60 Å². The number of nitrogens with zero attached hydrogens (tertiary/aromatic N) is 1. The Morgan fingerprint density at radius 2 is 2.29 bits per heavy atom. The minimum Gasteiger partial charge on any atom is -0.443 e. The third-order valence-corrected chi connectivity index (χ3v) is 1.86. The van der Waals surface area contributed by atoms with E-state index in [4.69, 9.17) is 9.84 Å². The molecule has 0 saturated heterocycles. The van der Waals surface area contributed by atoms with E-state index < -0.39 is 5.60 Å². The number of aliphatic hydroxyl groups excluding tert-OH is 1. The quantitative estimate of drug-likeness (QED) is 0.696. The summed E-state index contributed by atoms with van der Waals surface area (Å²) < 4.78 is 5.19. The van der Waals surface area contributed by atoms with E-state index in [1.165, 1.54) is 4.90 Å². The number of carbonyl (C=O) groups is 1. The fourth-order valence-corrected chi connectivity index (χ4v) is 1.29. The summed E-state index contributed by atoms with van der Waals surface area (Å²) in [6.45, 7) is 5.96. The summed E-state index contributed by atoms with van der Waals surface area (Å²) in [7, 11) is 0. The smallest absolute Gasteiger partial charge is 0.414 e. The van der Waals surface area contributed by atoms with Crippen molar-refractivity contribution in [2.24, 2.45) is 0 Å². The molecule has 0 radical (unpaired) electrons. The summed E-state index contributed by atoms with van der Waals surface area (Å²) in [5.41, 5.74) is 0.152. The first-order valence-corrected chi connectivity index (χ1v) is 4.74. The van der Waals surface area contributed by atoms with E-state index in [1.807, 2.05) is 26.8 Å². The maximum Gasteiger partial charge on any atom is 0.414 e. The summed E-state index contributed by atoms with van der Waals surface area (Å²) in [5.74, 6) is 0. The molecule has 0 saturated carbocycles. The number of hydrogen-bond donors (Lipinski definition) is 1. The van der Waals surface area contributed by atoms with Gasteiger partial charge in [-0.3, -0.25) is 4.90 Å². The van der Waals surface area contributed by atoms with Crippen LogP contribution in [-0.2, 0) is 4.74 Å². The maximum atomic E-state index is 11.6. The van der Waals surface area contributed by atoms with E-state index in [1.54, 1.807) is 0 Å². The van der Waals surface area contributed by atoms with Crippen LogP contribution in [0.2, 0.25) is 0 Å². The zero-order valence-electron chi connectivity index (χ0n) is 8.91. The molecule has 0 spiro atoms. The molecule has 1 amide bonds. The highest BCUT2D eigenvalue weighted by atomic mass is 16.6. The van der Waals surface area contributed by atoms with Crippen LogP contribution in [0.1, 0.15) is 27.2 Å². The van der Waals surface area contributed by atoms with Crippen molar-refractivity contribution in [2.75, 3.05) is 13.2 Å². The van der Waals surface area contributed by atoms with Gasteiger partial charge in [-0.15, -0.1) is 0 Å². The second-order valence-electron chi connectivity index (χ2n) is 4.27. The maximum absolute atomic E-state index is 11.6. The molecule has 0 atom stereocenters. The first-order valence-electron chi connectivity index (χ1n) is 4.74. The first kappa shape index (κ1) is 11.0. The normalized spacial score (nSPS) is 16.9. The lowest BCUT2D eigenvalue weighted by Crippen LogP contribution is -2.35. The molecule has 0 aromatic rings. The second-order valence-corrected chi connectivity index (χ2v) is 4.27. The molecular weight excluding hydrogens is 182 g/mol. The Bertz CT molecular complexity index is 253. The minimum atomic E-state index is -0.486. The van der Waals surface area contributed by atoms with Crippen LogP contribution in [0.3, 0.4) is 0 Å². The van der Waals surface area contributed by atoms with Crippen LogP contribution in [-0.4, -0.2) is 34.9 Å². The molecule has 0 unspecified atom stereocenters. The molecule has 0 bridgehead atoms. The Labute approximate surface area is 84.2 Å². The Hall–Kier alpha value is -1.03. The lowest BCUT2D eigenvalue weighted by molar-refractivity contribution is 0.0312. The van der Waals surface area contributed by atoms with Crippen LogP contribution in [0, 0.1) is 0 Å². The van der Waals surface area contributed by atoms with Crippen LogP contribution in [0.4, 0.5) is 4.79 Å². The molecule has 4 nitrogen and oxygen atoms in total. The lowest BCUT2D eigenvalue weighted by Gasteiger charge is -2.25. The van der Waals surface area contributed by atoms with Crippen LogP contribution in [0.15, 0.2) is 11.8 Å². The second kappa shape index (κ2) is 4.00. The van der Waals surface area contributed by atoms with E-state index in [2.05, 4.69) is 0 Å². The molecule has 0 aromatic heterocycles. The summed E-state index contributed by atoms with van der Waals surface area (Å²) in [6.07, 6.45) is 2.26. The third kappa shape index (κ3) is 2.73. The molecule has 0 aromatic carbocycles. The van der Waals surface area contributed by atoms with E-state index in [-0.39, 0.29) is 12.7 Å². The third-order valence-electron chi connectivity index (χ3n) is 1.86. The van der Waals surface area contributed by atoms with Gasteiger partial charge < -0.3 is 9.84 Å². The Kier molecular flexibility index (Phi) is 3.16. The first-order chi connectivity index (χ1) is 6.44. The summed E-state index contributed by atoms with van der Waals surface area (Å²) in [4.78, 5) is 13.1. The molecule has 0 fully saturated rings. The molecular formula is C10H17NO3. The minimum absolute atomic E-state index is 0.112. The summed E-state index contributed by atoms with van der Waals surface area (Å²) in [6, 6.07) is 0. The van der Waals surface area contributed by atoms with Crippen molar-refractivity contribution >= 4 is 6.09 Å². The standard InChI is InChI=1S/C10H17NO3/c1-10(2,3)14-9(13)11-6-4-5-8(11)7-12/h5,12H,4,6-7H2,1-3H3. The molecule has 1 aliphatic heterocycles. The van der Waals surface area contributed by atoms with Crippen molar-refractivity contribution < 1.29 is 14.6 Å². The van der Waals surface area contributed by atoms with Gasteiger partial charge >= 0.3 is 6.09 Å². The Morgan fingerprint density at radius 1 is 1.64 bits per heavy atom. The highest BCUT2D eigenvalue weighted by Crippen LogP contribution is 2.18. The topological polar surface area (TPSA) is 49.8 Å². The Morgan fingerprint density at radius 3 is 2.79 bits per heavy atom. The molecule has 14 heavy (non-hydrogen) atoms. The fraction of sp³-hybridized carbons (Fsp3) is 0.700. The van der Waals surface area contributed by atoms with Gasteiger partial charge in [-0.25, -0.2) is 4.79 Å². The molecule has 4 heteroatoms. The largest absolute Gasteiger partial charge is 0.443 e. The molecule has 0 aliphatic carbocycles. The highest BCUT2D eigenvalue weighted by Gasteiger charge is 2.26. The average molecular weight is 199 g/mol. The van der Waals surface area contributed by atoms with Crippen molar-refractivity contribution in [1.29, 1.82) is 0 Å². The van der Waals surface area contributed by atoms with Gasteiger partial charge in [0.2, 0.25) is 0 Å². The number of ether oxygens (including phenoxy) is 1. The molecule has 1 rings (SSSR count). The van der Waals surface area contributed by atoms with E-state index in [9.17, 15) is 4.79 Å². The summed E-state index contributed by atoms with van der Waals surface area (Å²) in [5, 5.41) is 8.97. The highest BCUT2D eigenvalue weighted by molar-refractivity contribution is 5.71. The molecule has 1 N–H and O–H groups in total. The molecule has 1 aliphatic rings. The zero-order valence-corrected chi connectivity index (χ0v) is 8.91. The molecule has 80 valence electrons. The van der Waals surface area contributed by atoms with Gasteiger partial charge in [0.25, 0.3) is 0 Å². The molecule has 1 heterocycles. The van der Waals surface area contributed by atoms with Crippen molar-refractivity contribution in [1.82, 2.24) is 4.90 Å². The summed E-state index contributed by atoms with van der Waals surface area (Å²) >= 11 is 0. The van der Waals surface area contributed by atoms with E-state index in [0.717, 1.165) is 6.42 Å². The van der Waals surface area contributed by atoms with Gasteiger partial charge in [0.15, 0.2) is 0 Å². The number of amides is 1. The predicted molar refractivity (Wildman–Crippen MR) is 52.7 cm³/mol. The van der Waals surface area contributed by atoms with Crippen molar-refractivity contribution in [3.63, 3.8) is 0 Å². The van der Waals surface area contributed by atoms with Crippen LogP contribution < -0.4 is 0 Å². The van der Waals surface area contributed by atoms with Crippen molar-refractivity contribution in [3.8, 4) is 0 Å². The Balaban J connectivity index is 2.58. The predicted octanol–water partition coefficient (Wildman–Crippen LogP) is 1.50. The van der Waals surface area contributed by atoms with Gasteiger partial charge in [0.05, 0.1) is 6.61 Å². The van der Waals surface area contributed by atoms with E-state index in [0.29, 0.717) is 12.2 Å². The number of rotatable bonds is 1. The van der Waals surface area contributed by atoms with Crippen molar-refractivity contribution in [3.05, 3.63) is 11.8 Å². The lowest BCUT2D eigenvalue weighted by atomic mass is 10.2. The van der Waals surface area contributed by atoms with Gasteiger partial charge in [0, 0.05) is 12.2 Å². The van der Waals surface area contributed by atoms with Crippen LogP contribution >= 0.6 is 0 Å². The zero-order chi connectivity index (χ0) is 10.8. The SMILES string of the molecule is CC(C)(C)OC(=O)N1CCC=C1CO. The van der Waals surface area contributed by atoms with Gasteiger partial charge in [-0.1, -0.05) is 6.08 Å². The van der Waals surface area contributed by atoms with Crippen molar-refractivity contribution in [2.45, 2.75) is 32.8 Å². The number of hydrogen-bond acceptors (Lipinski definition) is 3.